The first kappa shape index (κ1) is 19.6. The summed E-state index contributed by atoms with van der Waals surface area (Å²) in [4.78, 5) is 37.3. The number of carbonyl (C=O) groups is 3. The first-order chi connectivity index (χ1) is 12.1. The molecule has 0 aliphatic carbocycles. The van der Waals surface area contributed by atoms with Crippen molar-refractivity contribution >= 4 is 18.0 Å². The lowest BCUT2D eigenvalue weighted by Gasteiger charge is -2.27. The first-order valence-electron chi connectivity index (χ1n) is 8.25. The minimum Gasteiger partial charge on any atom is -0.493 e. The van der Waals surface area contributed by atoms with Gasteiger partial charge < -0.3 is 19.3 Å². The predicted octanol–water partition coefficient (Wildman–Crippen LogP) is 2.70. The number of carboxylic acid groups (broad SMARTS) is 1. The Hall–Kier alpha value is -2.77. The maximum atomic E-state index is 12.6. The maximum Gasteiger partial charge on any atom is 0.411 e. The number of ether oxygens (including phenoxy) is 3. The summed E-state index contributed by atoms with van der Waals surface area (Å²) >= 11 is 0. The van der Waals surface area contributed by atoms with Gasteiger partial charge in [0.25, 0.3) is 0 Å². The molecule has 26 heavy (non-hydrogen) atoms. The highest BCUT2D eigenvalue weighted by Gasteiger charge is 2.38. The molecule has 0 spiro atoms. The molecule has 1 aliphatic rings. The number of amides is 1. The summed E-state index contributed by atoms with van der Waals surface area (Å²) in [5, 5.41) is 9.09. The second-order valence-corrected chi connectivity index (χ2v) is 6.92. The number of hydrogen-bond acceptors (Lipinski definition) is 6. The van der Waals surface area contributed by atoms with Crippen molar-refractivity contribution in [2.45, 2.75) is 45.3 Å². The molecular formula is C18H23NO7. The maximum absolute atomic E-state index is 12.6. The van der Waals surface area contributed by atoms with Crippen LogP contribution in [0.2, 0.25) is 0 Å². The Kier molecular flexibility index (Phi) is 5.74. The molecule has 1 atom stereocenters. The molecule has 8 heteroatoms. The van der Waals surface area contributed by atoms with Gasteiger partial charge in [-0.3, -0.25) is 4.90 Å². The van der Waals surface area contributed by atoms with Gasteiger partial charge in [-0.2, -0.15) is 0 Å². The number of esters is 1. The Morgan fingerprint density at radius 2 is 1.88 bits per heavy atom. The van der Waals surface area contributed by atoms with E-state index in [9.17, 15) is 14.4 Å². The standard InChI is InChI=1S/C18H23NO7/c1-18(2,3)26-17(23)19-9-5-6-12(19)16(22)25-14-10-11(15(20)21)7-8-13(14)24-4/h7-8,10,12H,5-6,9H2,1-4H3,(H,20,21)/t12-/m0/s1. The minimum atomic E-state index is -1.15. The van der Waals surface area contributed by atoms with E-state index < -0.39 is 29.7 Å². The zero-order chi connectivity index (χ0) is 19.5. The summed E-state index contributed by atoms with van der Waals surface area (Å²) in [6.07, 6.45) is 0.507. The van der Waals surface area contributed by atoms with Gasteiger partial charge in [-0.1, -0.05) is 0 Å². The molecule has 0 radical (unpaired) electrons. The summed E-state index contributed by atoms with van der Waals surface area (Å²) < 4.78 is 15.8. The summed E-state index contributed by atoms with van der Waals surface area (Å²) in [5.41, 5.74) is -0.711. The number of carbonyl (C=O) groups excluding carboxylic acids is 2. The highest BCUT2D eigenvalue weighted by atomic mass is 16.6. The molecule has 1 amide bonds. The number of methoxy groups -OCH3 is 1. The molecule has 0 unspecified atom stereocenters. The Bertz CT molecular complexity index is 708. The normalized spacial score (nSPS) is 16.9. The number of carboxylic acids is 1. The zero-order valence-electron chi connectivity index (χ0n) is 15.3. The second-order valence-electron chi connectivity index (χ2n) is 6.92. The molecular weight excluding hydrogens is 342 g/mol. The van der Waals surface area contributed by atoms with Crippen molar-refractivity contribution in [3.05, 3.63) is 23.8 Å². The first-order valence-corrected chi connectivity index (χ1v) is 8.25. The fraction of sp³-hybridized carbons (Fsp3) is 0.500. The van der Waals surface area contributed by atoms with Crippen LogP contribution in [-0.2, 0) is 9.53 Å². The molecule has 0 saturated carbocycles. The van der Waals surface area contributed by atoms with E-state index in [1.807, 2.05) is 0 Å². The third-order valence-electron chi connectivity index (χ3n) is 3.77. The summed E-state index contributed by atoms with van der Waals surface area (Å²) in [5.74, 6) is -1.59. The third-order valence-corrected chi connectivity index (χ3v) is 3.77. The van der Waals surface area contributed by atoms with Gasteiger partial charge in [0.2, 0.25) is 0 Å². The van der Waals surface area contributed by atoms with Crippen molar-refractivity contribution in [3.63, 3.8) is 0 Å². The zero-order valence-corrected chi connectivity index (χ0v) is 15.3. The molecule has 1 aromatic carbocycles. The van der Waals surface area contributed by atoms with E-state index in [1.54, 1.807) is 20.8 Å². The van der Waals surface area contributed by atoms with E-state index >= 15 is 0 Å². The third kappa shape index (κ3) is 4.65. The van der Waals surface area contributed by atoms with Gasteiger partial charge >= 0.3 is 18.0 Å². The van der Waals surface area contributed by atoms with E-state index in [-0.39, 0.29) is 17.1 Å². The monoisotopic (exact) mass is 365 g/mol. The largest absolute Gasteiger partial charge is 0.493 e. The average molecular weight is 365 g/mol. The van der Waals surface area contributed by atoms with Gasteiger partial charge in [-0.25, -0.2) is 14.4 Å². The van der Waals surface area contributed by atoms with Crippen molar-refractivity contribution < 1.29 is 33.7 Å². The van der Waals surface area contributed by atoms with Crippen LogP contribution in [0.3, 0.4) is 0 Å². The van der Waals surface area contributed by atoms with Crippen molar-refractivity contribution in [3.8, 4) is 11.5 Å². The van der Waals surface area contributed by atoms with Crippen LogP contribution in [0.4, 0.5) is 4.79 Å². The lowest BCUT2D eigenvalue weighted by atomic mass is 10.2. The summed E-state index contributed by atoms with van der Waals surface area (Å²) in [7, 11) is 1.38. The van der Waals surface area contributed by atoms with Crippen LogP contribution in [0.1, 0.15) is 44.0 Å². The predicted molar refractivity (Wildman–Crippen MR) is 91.6 cm³/mol. The number of nitrogens with zero attached hydrogens (tertiary/aromatic N) is 1. The van der Waals surface area contributed by atoms with Gasteiger partial charge in [0, 0.05) is 6.54 Å². The van der Waals surface area contributed by atoms with Crippen LogP contribution < -0.4 is 9.47 Å². The van der Waals surface area contributed by atoms with Gasteiger partial charge in [0.1, 0.15) is 11.6 Å². The number of benzene rings is 1. The van der Waals surface area contributed by atoms with Crippen LogP contribution in [-0.4, -0.2) is 53.3 Å². The summed E-state index contributed by atoms with van der Waals surface area (Å²) in [6, 6.07) is 3.18. The fourth-order valence-electron chi connectivity index (χ4n) is 2.62. The van der Waals surface area contributed by atoms with Crippen molar-refractivity contribution in [2.24, 2.45) is 0 Å². The van der Waals surface area contributed by atoms with Crippen molar-refractivity contribution in [1.82, 2.24) is 4.90 Å². The molecule has 1 aromatic rings. The highest BCUT2D eigenvalue weighted by Crippen LogP contribution is 2.30. The van der Waals surface area contributed by atoms with Crippen molar-refractivity contribution in [1.29, 1.82) is 0 Å². The van der Waals surface area contributed by atoms with Gasteiger partial charge in [-0.15, -0.1) is 0 Å². The van der Waals surface area contributed by atoms with Gasteiger partial charge in [0.05, 0.1) is 12.7 Å². The molecule has 0 aromatic heterocycles. The fourth-order valence-corrected chi connectivity index (χ4v) is 2.62. The molecule has 8 nitrogen and oxygen atoms in total. The van der Waals surface area contributed by atoms with E-state index in [2.05, 4.69) is 0 Å². The molecule has 1 heterocycles. The van der Waals surface area contributed by atoms with E-state index in [1.165, 1.54) is 30.2 Å². The van der Waals surface area contributed by atoms with Crippen LogP contribution in [0.5, 0.6) is 11.5 Å². The number of aromatic carboxylic acids is 1. The van der Waals surface area contributed by atoms with Crippen LogP contribution in [0, 0.1) is 0 Å². The lowest BCUT2D eigenvalue weighted by Crippen LogP contribution is -2.44. The van der Waals surface area contributed by atoms with Crippen LogP contribution in [0.15, 0.2) is 18.2 Å². The smallest absolute Gasteiger partial charge is 0.411 e. The van der Waals surface area contributed by atoms with Crippen LogP contribution >= 0.6 is 0 Å². The Labute approximate surface area is 151 Å². The molecule has 1 aliphatic heterocycles. The topological polar surface area (TPSA) is 102 Å². The van der Waals surface area contributed by atoms with Crippen LogP contribution in [0.25, 0.3) is 0 Å². The van der Waals surface area contributed by atoms with E-state index in [0.29, 0.717) is 19.4 Å². The lowest BCUT2D eigenvalue weighted by molar-refractivity contribution is -0.139. The Morgan fingerprint density at radius 1 is 1.19 bits per heavy atom. The number of likely N-dealkylation sites (tertiary alicyclic amines) is 1. The quantitative estimate of drug-likeness (QED) is 0.646. The Balaban J connectivity index is 2.17. The minimum absolute atomic E-state index is 0.00608. The molecule has 1 N–H and O–H groups in total. The molecule has 0 bridgehead atoms. The van der Waals surface area contributed by atoms with Gasteiger partial charge in [0.15, 0.2) is 11.5 Å². The number of rotatable bonds is 4. The number of hydrogen-bond donors (Lipinski definition) is 1. The van der Waals surface area contributed by atoms with Crippen molar-refractivity contribution in [2.75, 3.05) is 13.7 Å². The second kappa shape index (κ2) is 7.63. The van der Waals surface area contributed by atoms with Gasteiger partial charge in [-0.05, 0) is 51.8 Å². The summed E-state index contributed by atoms with van der Waals surface area (Å²) in [6.45, 7) is 5.63. The Morgan fingerprint density at radius 3 is 2.46 bits per heavy atom. The molecule has 2 rings (SSSR count). The van der Waals surface area contributed by atoms with E-state index in [4.69, 9.17) is 19.3 Å². The molecule has 142 valence electrons. The molecule has 1 saturated heterocycles. The molecule has 1 fully saturated rings. The van der Waals surface area contributed by atoms with E-state index in [0.717, 1.165) is 0 Å². The SMILES string of the molecule is COc1ccc(C(=O)O)cc1OC(=O)[C@@H]1CCCN1C(=O)OC(C)(C)C. The average Bonchev–Trinajstić information content (AvgIpc) is 3.03. The highest BCUT2D eigenvalue weighted by molar-refractivity contribution is 5.89.